The molecular weight excluding hydrogens is 318 g/mol. The van der Waals surface area contributed by atoms with E-state index >= 15 is 0 Å². The standard InChI is InChI=1S/C11H13N3O7S/c1-20-13-9(8-3-2-4-21-8)10(15)12-7-5-14(11(7)16)6-22(17,18)19/h2-4,7H,5-6H2,1H3,(H,12,15)(H,17,18,19). The van der Waals surface area contributed by atoms with Crippen molar-refractivity contribution >= 4 is 27.6 Å². The van der Waals surface area contributed by atoms with Crippen molar-refractivity contribution in [3.8, 4) is 0 Å². The lowest BCUT2D eigenvalue weighted by molar-refractivity contribution is -0.144. The van der Waals surface area contributed by atoms with Crippen molar-refractivity contribution in [2.75, 3.05) is 19.5 Å². The number of furan rings is 1. The Hall–Kier alpha value is -2.40. The van der Waals surface area contributed by atoms with Gasteiger partial charge in [0.05, 0.1) is 12.8 Å². The molecule has 120 valence electrons. The fourth-order valence-corrected chi connectivity index (χ4v) is 2.47. The summed E-state index contributed by atoms with van der Waals surface area (Å²) in [7, 11) is -3.05. The molecule has 2 N–H and O–H groups in total. The average Bonchev–Trinajstić information content (AvgIpc) is 2.95. The molecule has 0 aromatic carbocycles. The van der Waals surface area contributed by atoms with Crippen molar-refractivity contribution in [1.82, 2.24) is 10.2 Å². The van der Waals surface area contributed by atoms with Gasteiger partial charge in [-0.15, -0.1) is 0 Å². The maximum Gasteiger partial charge on any atom is 0.283 e. The lowest BCUT2D eigenvalue weighted by Gasteiger charge is -2.37. The predicted molar refractivity (Wildman–Crippen MR) is 72.3 cm³/mol. The molecule has 0 saturated carbocycles. The third kappa shape index (κ3) is 3.62. The number of nitrogens with one attached hydrogen (secondary N) is 1. The molecule has 2 amide bonds. The molecule has 0 spiro atoms. The van der Waals surface area contributed by atoms with Crippen molar-refractivity contribution in [2.24, 2.45) is 5.16 Å². The molecule has 2 heterocycles. The maximum atomic E-state index is 12.1. The van der Waals surface area contributed by atoms with Crippen molar-refractivity contribution in [3.63, 3.8) is 0 Å². The Labute approximate surface area is 125 Å². The Morgan fingerprint density at radius 1 is 1.64 bits per heavy atom. The van der Waals surface area contributed by atoms with Crippen LogP contribution in [0, 0.1) is 0 Å². The van der Waals surface area contributed by atoms with E-state index in [1.165, 1.54) is 19.4 Å². The van der Waals surface area contributed by atoms with Gasteiger partial charge in [0, 0.05) is 0 Å². The lowest BCUT2D eigenvalue weighted by atomic mass is 10.1. The van der Waals surface area contributed by atoms with E-state index < -0.39 is 33.9 Å². The molecule has 1 fully saturated rings. The molecule has 1 aliphatic heterocycles. The second kappa shape index (κ2) is 6.15. The van der Waals surface area contributed by atoms with E-state index in [9.17, 15) is 18.0 Å². The molecule has 0 radical (unpaired) electrons. The molecule has 1 aromatic rings. The highest BCUT2D eigenvalue weighted by molar-refractivity contribution is 7.85. The van der Waals surface area contributed by atoms with Gasteiger partial charge in [-0.25, -0.2) is 0 Å². The van der Waals surface area contributed by atoms with Gasteiger partial charge in [-0.2, -0.15) is 8.42 Å². The minimum Gasteiger partial charge on any atom is -0.462 e. The van der Waals surface area contributed by atoms with Gasteiger partial charge in [0.25, 0.3) is 16.0 Å². The topological polar surface area (TPSA) is 139 Å². The Balaban J connectivity index is 1.98. The van der Waals surface area contributed by atoms with E-state index in [0.29, 0.717) is 0 Å². The van der Waals surface area contributed by atoms with Crippen LogP contribution in [0.25, 0.3) is 0 Å². The molecule has 22 heavy (non-hydrogen) atoms. The zero-order valence-corrected chi connectivity index (χ0v) is 12.2. The van der Waals surface area contributed by atoms with Crippen molar-refractivity contribution < 1.29 is 31.8 Å². The number of rotatable bonds is 6. The molecule has 2 rings (SSSR count). The van der Waals surface area contributed by atoms with Crippen LogP contribution in [0.4, 0.5) is 0 Å². The van der Waals surface area contributed by atoms with Gasteiger partial charge in [-0.05, 0) is 12.1 Å². The highest BCUT2D eigenvalue weighted by atomic mass is 32.2. The highest BCUT2D eigenvalue weighted by Gasteiger charge is 2.40. The summed E-state index contributed by atoms with van der Waals surface area (Å²) < 4.78 is 35.1. The average molecular weight is 331 g/mol. The molecule has 11 heteroatoms. The van der Waals surface area contributed by atoms with E-state index in [-0.39, 0.29) is 18.0 Å². The van der Waals surface area contributed by atoms with Crippen LogP contribution in [-0.4, -0.2) is 61.0 Å². The van der Waals surface area contributed by atoms with Gasteiger partial charge < -0.3 is 19.5 Å². The summed E-state index contributed by atoms with van der Waals surface area (Å²) in [6.45, 7) is -0.0389. The van der Waals surface area contributed by atoms with Crippen molar-refractivity contribution in [2.45, 2.75) is 6.04 Å². The molecular formula is C11H13N3O7S. The number of nitrogens with zero attached hydrogens (tertiary/aromatic N) is 2. The fourth-order valence-electron chi connectivity index (χ4n) is 1.85. The zero-order valence-electron chi connectivity index (χ0n) is 11.4. The third-order valence-electron chi connectivity index (χ3n) is 2.79. The molecule has 1 aliphatic rings. The molecule has 10 nitrogen and oxygen atoms in total. The van der Waals surface area contributed by atoms with E-state index in [4.69, 9.17) is 8.97 Å². The number of hydrogen-bond acceptors (Lipinski definition) is 7. The van der Waals surface area contributed by atoms with Crippen LogP contribution in [0.3, 0.4) is 0 Å². The van der Waals surface area contributed by atoms with Gasteiger partial charge in [0.15, 0.2) is 5.76 Å². The largest absolute Gasteiger partial charge is 0.462 e. The molecule has 1 unspecified atom stereocenters. The molecule has 0 aliphatic carbocycles. The summed E-state index contributed by atoms with van der Waals surface area (Å²) in [5, 5.41) is 5.91. The first-order valence-electron chi connectivity index (χ1n) is 6.01. The number of amides is 2. The van der Waals surface area contributed by atoms with Crippen LogP contribution in [0.5, 0.6) is 0 Å². The van der Waals surface area contributed by atoms with Crippen LogP contribution >= 0.6 is 0 Å². The summed E-state index contributed by atoms with van der Waals surface area (Å²) in [5.41, 5.74) is -0.159. The summed E-state index contributed by atoms with van der Waals surface area (Å²) in [6, 6.07) is 2.15. The summed E-state index contributed by atoms with van der Waals surface area (Å²) in [6.07, 6.45) is 1.34. The van der Waals surface area contributed by atoms with Crippen molar-refractivity contribution in [1.29, 1.82) is 0 Å². The van der Waals surface area contributed by atoms with Crippen molar-refractivity contribution in [3.05, 3.63) is 24.2 Å². The number of hydrogen-bond donors (Lipinski definition) is 2. The highest BCUT2D eigenvalue weighted by Crippen LogP contribution is 2.12. The first-order chi connectivity index (χ1) is 10.3. The van der Waals surface area contributed by atoms with E-state index in [1.54, 1.807) is 6.07 Å². The number of carbonyl (C=O) groups excluding carboxylic acids is 2. The van der Waals surface area contributed by atoms with Gasteiger partial charge in [0.1, 0.15) is 19.0 Å². The predicted octanol–water partition coefficient (Wildman–Crippen LogP) is -1.20. The monoisotopic (exact) mass is 331 g/mol. The minimum absolute atomic E-state index is 0.0389. The molecule has 1 saturated heterocycles. The summed E-state index contributed by atoms with van der Waals surface area (Å²) >= 11 is 0. The third-order valence-corrected chi connectivity index (χ3v) is 3.43. The van der Waals surface area contributed by atoms with Crippen LogP contribution in [0.1, 0.15) is 5.76 Å². The van der Waals surface area contributed by atoms with Crippen LogP contribution in [-0.2, 0) is 24.5 Å². The number of oxime groups is 1. The summed E-state index contributed by atoms with van der Waals surface area (Å²) in [4.78, 5) is 29.2. The Morgan fingerprint density at radius 2 is 2.36 bits per heavy atom. The van der Waals surface area contributed by atoms with Gasteiger partial charge in [-0.3, -0.25) is 14.1 Å². The minimum atomic E-state index is -4.30. The number of likely N-dealkylation sites (tertiary alicyclic amines) is 1. The van der Waals surface area contributed by atoms with Crippen LogP contribution in [0.2, 0.25) is 0 Å². The lowest BCUT2D eigenvalue weighted by Crippen LogP contribution is -2.65. The molecule has 0 bridgehead atoms. The maximum absolute atomic E-state index is 12.1. The summed E-state index contributed by atoms with van der Waals surface area (Å²) in [5.74, 6) is -1.99. The van der Waals surface area contributed by atoms with E-state index in [2.05, 4.69) is 15.3 Å². The number of β-lactam (4-membered cyclic amide) rings is 1. The second-order valence-electron chi connectivity index (χ2n) is 4.40. The Kier molecular flexibility index (Phi) is 4.47. The SMILES string of the molecule is CON=C(C(=O)NC1CN(CS(=O)(=O)O)C1=O)c1ccco1. The normalized spacial score (nSPS) is 18.8. The van der Waals surface area contributed by atoms with Crippen LogP contribution in [0.15, 0.2) is 28.0 Å². The smallest absolute Gasteiger partial charge is 0.283 e. The first-order valence-corrected chi connectivity index (χ1v) is 7.62. The fraction of sp³-hybridized carbons (Fsp3) is 0.364. The number of carbonyl (C=O) groups is 2. The zero-order chi connectivity index (χ0) is 16.3. The van der Waals surface area contributed by atoms with Crippen LogP contribution < -0.4 is 5.32 Å². The Bertz CT molecular complexity index is 695. The van der Waals surface area contributed by atoms with E-state index in [1.807, 2.05) is 0 Å². The van der Waals surface area contributed by atoms with E-state index in [0.717, 1.165) is 4.90 Å². The Morgan fingerprint density at radius 3 is 2.86 bits per heavy atom. The molecule has 1 atom stereocenters. The second-order valence-corrected chi connectivity index (χ2v) is 5.82. The quantitative estimate of drug-likeness (QED) is 0.289. The first kappa shape index (κ1) is 16.0. The molecule has 1 aromatic heterocycles. The van der Waals surface area contributed by atoms with Gasteiger partial charge in [-0.1, -0.05) is 5.16 Å². The van der Waals surface area contributed by atoms with Gasteiger partial charge >= 0.3 is 0 Å². The van der Waals surface area contributed by atoms with Gasteiger partial charge in [0.2, 0.25) is 11.6 Å².